The van der Waals surface area contributed by atoms with Crippen molar-refractivity contribution in [3.63, 3.8) is 0 Å². The minimum atomic E-state index is -4.71. The Balaban J connectivity index is 3.21. The molecule has 1 rings (SSSR count). The van der Waals surface area contributed by atoms with Crippen molar-refractivity contribution in [3.05, 3.63) is 28.0 Å². The first-order chi connectivity index (χ1) is 6.30. The molecule has 0 unspecified atom stereocenters. The molecule has 1 aromatic heterocycles. The van der Waals surface area contributed by atoms with Crippen LogP contribution in [0.4, 0.5) is 22.0 Å². The number of aromatic nitrogens is 1. The SMILES string of the molecule is FC(F)c1cc(Br)cc(C(F)(F)F)n1. The lowest BCUT2D eigenvalue weighted by molar-refractivity contribution is -0.141. The molecule has 78 valence electrons. The third-order valence-corrected chi connectivity index (χ3v) is 1.78. The molecule has 1 aromatic rings. The molecule has 0 radical (unpaired) electrons. The van der Waals surface area contributed by atoms with Crippen molar-refractivity contribution < 1.29 is 22.0 Å². The van der Waals surface area contributed by atoms with Gasteiger partial charge in [-0.1, -0.05) is 15.9 Å². The standard InChI is InChI=1S/C7H3BrF5N/c8-3-1-4(6(9)10)14-5(2-3)7(11,12)13/h1-2,6H. The zero-order valence-electron chi connectivity index (χ0n) is 6.45. The smallest absolute Gasteiger partial charge is 0.242 e. The summed E-state index contributed by atoms with van der Waals surface area (Å²) < 4.78 is 60.3. The van der Waals surface area contributed by atoms with Crippen LogP contribution < -0.4 is 0 Å². The summed E-state index contributed by atoms with van der Waals surface area (Å²) in [5.41, 5.74) is -2.23. The summed E-state index contributed by atoms with van der Waals surface area (Å²) in [5, 5.41) is 0. The summed E-state index contributed by atoms with van der Waals surface area (Å²) in [4.78, 5) is 2.80. The number of hydrogen-bond acceptors (Lipinski definition) is 1. The van der Waals surface area contributed by atoms with Gasteiger partial charge in [0.15, 0.2) is 0 Å². The van der Waals surface area contributed by atoms with Crippen LogP contribution in [-0.4, -0.2) is 4.98 Å². The average Bonchev–Trinajstić information content (AvgIpc) is 2.01. The highest BCUT2D eigenvalue weighted by Crippen LogP contribution is 2.31. The van der Waals surface area contributed by atoms with Gasteiger partial charge in [0.25, 0.3) is 6.43 Å². The Bertz CT molecular complexity index is 335. The van der Waals surface area contributed by atoms with Gasteiger partial charge in [-0.25, -0.2) is 13.8 Å². The lowest BCUT2D eigenvalue weighted by atomic mass is 10.3. The molecule has 0 aromatic carbocycles. The van der Waals surface area contributed by atoms with Gasteiger partial charge < -0.3 is 0 Å². The van der Waals surface area contributed by atoms with Crippen molar-refractivity contribution >= 4 is 15.9 Å². The molecule has 0 amide bonds. The molecule has 1 heterocycles. The zero-order valence-corrected chi connectivity index (χ0v) is 8.03. The Hall–Kier alpha value is -0.720. The molecule has 0 N–H and O–H groups in total. The summed E-state index contributed by atoms with van der Waals surface area (Å²) in [6.45, 7) is 0. The van der Waals surface area contributed by atoms with Gasteiger partial charge in [0, 0.05) is 4.47 Å². The van der Waals surface area contributed by atoms with Gasteiger partial charge >= 0.3 is 6.18 Å². The van der Waals surface area contributed by atoms with E-state index in [9.17, 15) is 22.0 Å². The Morgan fingerprint density at radius 1 is 1.21 bits per heavy atom. The van der Waals surface area contributed by atoms with Gasteiger partial charge in [0.2, 0.25) is 0 Å². The molecule has 1 nitrogen and oxygen atoms in total. The van der Waals surface area contributed by atoms with Crippen LogP contribution in [0.1, 0.15) is 17.8 Å². The average molecular weight is 276 g/mol. The highest BCUT2D eigenvalue weighted by Gasteiger charge is 2.33. The van der Waals surface area contributed by atoms with Crippen molar-refractivity contribution in [1.29, 1.82) is 0 Å². The summed E-state index contributed by atoms with van der Waals surface area (Å²) in [7, 11) is 0. The van der Waals surface area contributed by atoms with Crippen LogP contribution in [0.15, 0.2) is 16.6 Å². The van der Waals surface area contributed by atoms with Crippen LogP contribution >= 0.6 is 15.9 Å². The van der Waals surface area contributed by atoms with E-state index in [-0.39, 0.29) is 4.47 Å². The second kappa shape index (κ2) is 3.80. The second-order valence-electron chi connectivity index (χ2n) is 2.39. The molecule has 0 bridgehead atoms. The monoisotopic (exact) mass is 275 g/mol. The summed E-state index contributed by atoms with van der Waals surface area (Å²) >= 11 is 2.70. The van der Waals surface area contributed by atoms with Crippen molar-refractivity contribution in [2.45, 2.75) is 12.6 Å². The predicted molar refractivity (Wildman–Crippen MR) is 41.9 cm³/mol. The molecule has 0 aliphatic rings. The van der Waals surface area contributed by atoms with Gasteiger partial charge in [-0.2, -0.15) is 13.2 Å². The van der Waals surface area contributed by atoms with Crippen molar-refractivity contribution in [2.24, 2.45) is 0 Å². The van der Waals surface area contributed by atoms with Crippen LogP contribution in [0.2, 0.25) is 0 Å². The van der Waals surface area contributed by atoms with Crippen molar-refractivity contribution in [1.82, 2.24) is 4.98 Å². The van der Waals surface area contributed by atoms with E-state index in [4.69, 9.17) is 0 Å². The van der Waals surface area contributed by atoms with E-state index >= 15 is 0 Å². The van der Waals surface area contributed by atoms with Gasteiger partial charge in [-0.3, -0.25) is 0 Å². The highest BCUT2D eigenvalue weighted by atomic mass is 79.9. The molecule has 0 aliphatic heterocycles. The van der Waals surface area contributed by atoms with E-state index < -0.39 is 24.0 Å². The van der Waals surface area contributed by atoms with E-state index in [2.05, 4.69) is 20.9 Å². The van der Waals surface area contributed by atoms with Crippen LogP contribution in [0.3, 0.4) is 0 Å². The Kier molecular flexibility index (Phi) is 3.08. The minimum absolute atomic E-state index is 0.0740. The number of hydrogen-bond donors (Lipinski definition) is 0. The van der Waals surface area contributed by atoms with Crippen molar-refractivity contribution in [3.8, 4) is 0 Å². The van der Waals surface area contributed by atoms with E-state index in [1.807, 2.05) is 0 Å². The Morgan fingerprint density at radius 2 is 1.79 bits per heavy atom. The largest absolute Gasteiger partial charge is 0.433 e. The van der Waals surface area contributed by atoms with Crippen molar-refractivity contribution in [2.75, 3.05) is 0 Å². The van der Waals surface area contributed by atoms with E-state index in [0.717, 1.165) is 6.07 Å². The van der Waals surface area contributed by atoms with Crippen LogP contribution in [0, 0.1) is 0 Å². The van der Waals surface area contributed by atoms with Crippen LogP contribution in [0.25, 0.3) is 0 Å². The van der Waals surface area contributed by atoms with Crippen LogP contribution in [-0.2, 0) is 6.18 Å². The fraction of sp³-hybridized carbons (Fsp3) is 0.286. The summed E-state index contributed by atoms with van der Waals surface area (Å²) in [6, 6.07) is 1.49. The quantitative estimate of drug-likeness (QED) is 0.711. The highest BCUT2D eigenvalue weighted by molar-refractivity contribution is 9.10. The first kappa shape index (κ1) is 11.4. The van der Waals surface area contributed by atoms with E-state index in [0.29, 0.717) is 6.07 Å². The molecular formula is C7H3BrF5N. The van der Waals surface area contributed by atoms with Gasteiger partial charge in [-0.15, -0.1) is 0 Å². The third kappa shape index (κ3) is 2.63. The first-order valence-electron chi connectivity index (χ1n) is 3.33. The molecule has 0 aliphatic carbocycles. The van der Waals surface area contributed by atoms with Gasteiger partial charge in [0.05, 0.1) is 0 Å². The molecule has 0 atom stereocenters. The zero-order chi connectivity index (χ0) is 10.9. The lowest BCUT2D eigenvalue weighted by Gasteiger charge is -2.08. The molecular weight excluding hydrogens is 273 g/mol. The maximum Gasteiger partial charge on any atom is 0.433 e. The summed E-state index contributed by atoms with van der Waals surface area (Å²) in [6.07, 6.45) is -7.73. The molecule has 0 saturated carbocycles. The predicted octanol–water partition coefficient (Wildman–Crippen LogP) is 3.80. The topological polar surface area (TPSA) is 12.9 Å². The molecule has 0 fully saturated rings. The third-order valence-electron chi connectivity index (χ3n) is 1.32. The first-order valence-corrected chi connectivity index (χ1v) is 4.13. The van der Waals surface area contributed by atoms with E-state index in [1.54, 1.807) is 0 Å². The maximum atomic E-state index is 12.1. The Labute approximate surface area is 84.1 Å². The van der Waals surface area contributed by atoms with Gasteiger partial charge in [0.1, 0.15) is 11.4 Å². The number of alkyl halides is 5. The maximum absolute atomic E-state index is 12.1. The molecule has 0 saturated heterocycles. The molecule has 0 spiro atoms. The number of halogens is 6. The normalized spacial score (nSPS) is 12.2. The van der Waals surface area contributed by atoms with Crippen LogP contribution in [0.5, 0.6) is 0 Å². The fourth-order valence-corrected chi connectivity index (χ4v) is 1.23. The number of nitrogens with zero attached hydrogens (tertiary/aromatic N) is 1. The number of pyridine rings is 1. The molecule has 14 heavy (non-hydrogen) atoms. The lowest BCUT2D eigenvalue weighted by Crippen LogP contribution is -2.09. The molecule has 7 heteroatoms. The minimum Gasteiger partial charge on any atom is -0.242 e. The Morgan fingerprint density at radius 3 is 2.21 bits per heavy atom. The van der Waals surface area contributed by atoms with E-state index in [1.165, 1.54) is 0 Å². The summed E-state index contributed by atoms with van der Waals surface area (Å²) in [5.74, 6) is 0. The number of rotatable bonds is 1. The van der Waals surface area contributed by atoms with Gasteiger partial charge in [-0.05, 0) is 12.1 Å². The second-order valence-corrected chi connectivity index (χ2v) is 3.31. The fourth-order valence-electron chi connectivity index (χ4n) is 0.774.